The van der Waals surface area contributed by atoms with Crippen LogP contribution in [-0.2, 0) is 0 Å². The van der Waals surface area contributed by atoms with Gasteiger partial charge in [-0.05, 0) is 12.8 Å². The topological polar surface area (TPSA) is 38.0 Å². The molecule has 0 saturated heterocycles. The van der Waals surface area contributed by atoms with Crippen LogP contribution < -0.4 is 0 Å². The number of aromatic hydroxyl groups is 1. The van der Waals surface area contributed by atoms with Gasteiger partial charge in [0.25, 0.3) is 0 Å². The molecule has 1 aromatic heterocycles. The maximum atomic E-state index is 9.07. The molecule has 0 saturated carbocycles. The summed E-state index contributed by atoms with van der Waals surface area (Å²) in [4.78, 5) is 0. The van der Waals surface area contributed by atoms with E-state index in [4.69, 9.17) is 5.11 Å². The standard InChI is InChI=1S/C9H16N2O/c1-4-7(2)8(3)11-6-9(12)5-10-11/h5-8,12H,4H2,1-3H3. The number of nitrogens with zero attached hydrogens (tertiary/aromatic N) is 2. The van der Waals surface area contributed by atoms with Crippen LogP contribution in [0.1, 0.15) is 33.2 Å². The lowest BCUT2D eigenvalue weighted by Gasteiger charge is -2.18. The number of aromatic nitrogens is 2. The molecular weight excluding hydrogens is 152 g/mol. The molecule has 0 aliphatic carbocycles. The SMILES string of the molecule is CCC(C)C(C)n1cc(O)cn1. The monoisotopic (exact) mass is 168 g/mol. The first-order valence-electron chi connectivity index (χ1n) is 4.38. The Hall–Kier alpha value is -0.990. The van der Waals surface area contributed by atoms with Gasteiger partial charge in [-0.25, -0.2) is 0 Å². The molecule has 3 heteroatoms. The van der Waals surface area contributed by atoms with E-state index in [0.29, 0.717) is 12.0 Å². The van der Waals surface area contributed by atoms with Gasteiger partial charge in [-0.3, -0.25) is 4.68 Å². The van der Waals surface area contributed by atoms with Crippen molar-refractivity contribution >= 4 is 0 Å². The largest absolute Gasteiger partial charge is 0.505 e. The van der Waals surface area contributed by atoms with Crippen LogP contribution in [0.15, 0.2) is 12.4 Å². The van der Waals surface area contributed by atoms with Crippen molar-refractivity contribution in [2.45, 2.75) is 33.2 Å². The van der Waals surface area contributed by atoms with Crippen molar-refractivity contribution in [2.24, 2.45) is 5.92 Å². The summed E-state index contributed by atoms with van der Waals surface area (Å²) < 4.78 is 1.81. The third-order valence-corrected chi connectivity index (χ3v) is 2.47. The third kappa shape index (κ3) is 1.78. The molecule has 0 spiro atoms. The average Bonchev–Trinajstić information content (AvgIpc) is 2.49. The van der Waals surface area contributed by atoms with Crippen LogP contribution >= 0.6 is 0 Å². The van der Waals surface area contributed by atoms with Crippen molar-refractivity contribution in [2.75, 3.05) is 0 Å². The second-order valence-electron chi connectivity index (χ2n) is 3.30. The fourth-order valence-electron chi connectivity index (χ4n) is 1.15. The summed E-state index contributed by atoms with van der Waals surface area (Å²) in [6.45, 7) is 6.45. The lowest BCUT2D eigenvalue weighted by atomic mass is 10.0. The lowest BCUT2D eigenvalue weighted by molar-refractivity contribution is 0.342. The summed E-state index contributed by atoms with van der Waals surface area (Å²) in [6.07, 6.45) is 4.26. The van der Waals surface area contributed by atoms with Crippen molar-refractivity contribution in [3.8, 4) is 5.75 Å². The Balaban J connectivity index is 2.70. The summed E-state index contributed by atoms with van der Waals surface area (Å²) in [5.41, 5.74) is 0. The van der Waals surface area contributed by atoms with Gasteiger partial charge in [-0.15, -0.1) is 0 Å². The predicted molar refractivity (Wildman–Crippen MR) is 48.1 cm³/mol. The van der Waals surface area contributed by atoms with Crippen molar-refractivity contribution in [3.63, 3.8) is 0 Å². The molecule has 1 N–H and O–H groups in total. The van der Waals surface area contributed by atoms with E-state index in [-0.39, 0.29) is 5.75 Å². The van der Waals surface area contributed by atoms with Crippen LogP contribution in [0, 0.1) is 5.92 Å². The molecule has 0 aliphatic rings. The quantitative estimate of drug-likeness (QED) is 0.751. The Kier molecular flexibility index (Phi) is 2.74. The number of hydrogen-bond donors (Lipinski definition) is 1. The van der Waals surface area contributed by atoms with Gasteiger partial charge in [0, 0.05) is 0 Å². The molecule has 1 heterocycles. The fourth-order valence-corrected chi connectivity index (χ4v) is 1.15. The maximum Gasteiger partial charge on any atom is 0.153 e. The van der Waals surface area contributed by atoms with E-state index in [9.17, 15) is 0 Å². The van der Waals surface area contributed by atoms with Gasteiger partial charge in [0.15, 0.2) is 5.75 Å². The maximum absolute atomic E-state index is 9.07. The molecule has 12 heavy (non-hydrogen) atoms. The molecular formula is C9H16N2O. The van der Waals surface area contributed by atoms with Crippen molar-refractivity contribution in [3.05, 3.63) is 12.4 Å². The normalized spacial score (nSPS) is 15.9. The zero-order valence-electron chi connectivity index (χ0n) is 7.86. The zero-order chi connectivity index (χ0) is 9.14. The Morgan fingerprint density at radius 3 is 2.67 bits per heavy atom. The van der Waals surface area contributed by atoms with Crippen molar-refractivity contribution in [1.82, 2.24) is 9.78 Å². The summed E-state index contributed by atoms with van der Waals surface area (Å²) in [7, 11) is 0. The minimum Gasteiger partial charge on any atom is -0.505 e. The Bertz CT molecular complexity index is 244. The summed E-state index contributed by atoms with van der Waals surface area (Å²) in [5, 5.41) is 13.1. The molecule has 0 radical (unpaired) electrons. The molecule has 0 bridgehead atoms. The molecule has 2 unspecified atom stereocenters. The van der Waals surface area contributed by atoms with E-state index < -0.39 is 0 Å². The summed E-state index contributed by atoms with van der Waals surface area (Å²) in [5.74, 6) is 0.828. The van der Waals surface area contributed by atoms with Crippen molar-refractivity contribution < 1.29 is 5.11 Å². The van der Waals surface area contributed by atoms with E-state index in [2.05, 4.69) is 25.9 Å². The number of rotatable bonds is 3. The van der Waals surface area contributed by atoms with Crippen LogP contribution in [0.2, 0.25) is 0 Å². The molecule has 0 aliphatic heterocycles. The molecule has 3 nitrogen and oxygen atoms in total. The highest BCUT2D eigenvalue weighted by Gasteiger charge is 2.12. The molecule has 0 fully saturated rings. The zero-order valence-corrected chi connectivity index (χ0v) is 7.86. The molecule has 1 aromatic rings. The Morgan fingerprint density at radius 2 is 2.25 bits per heavy atom. The lowest BCUT2D eigenvalue weighted by Crippen LogP contribution is -2.13. The molecule has 2 atom stereocenters. The smallest absolute Gasteiger partial charge is 0.153 e. The van der Waals surface area contributed by atoms with Crippen LogP contribution in [-0.4, -0.2) is 14.9 Å². The van der Waals surface area contributed by atoms with Gasteiger partial charge >= 0.3 is 0 Å². The minimum absolute atomic E-state index is 0.241. The molecule has 0 aromatic carbocycles. The molecule has 1 rings (SSSR count). The molecule has 68 valence electrons. The van der Waals surface area contributed by atoms with E-state index in [0.717, 1.165) is 6.42 Å². The Morgan fingerprint density at radius 1 is 1.58 bits per heavy atom. The van der Waals surface area contributed by atoms with Gasteiger partial charge in [-0.2, -0.15) is 5.10 Å². The number of hydrogen-bond acceptors (Lipinski definition) is 2. The first-order chi connectivity index (χ1) is 5.65. The van der Waals surface area contributed by atoms with Crippen LogP contribution in [0.5, 0.6) is 5.75 Å². The predicted octanol–water partition coefficient (Wildman–Crippen LogP) is 2.20. The van der Waals surface area contributed by atoms with Gasteiger partial charge in [0.05, 0.1) is 18.4 Å². The fraction of sp³-hybridized carbons (Fsp3) is 0.667. The van der Waals surface area contributed by atoms with E-state index >= 15 is 0 Å². The summed E-state index contributed by atoms with van der Waals surface area (Å²) >= 11 is 0. The van der Waals surface area contributed by atoms with E-state index in [1.54, 1.807) is 6.20 Å². The van der Waals surface area contributed by atoms with Crippen molar-refractivity contribution in [1.29, 1.82) is 0 Å². The average molecular weight is 168 g/mol. The molecule has 0 amide bonds. The van der Waals surface area contributed by atoms with Crippen LogP contribution in [0.3, 0.4) is 0 Å². The highest BCUT2D eigenvalue weighted by Crippen LogP contribution is 2.20. The van der Waals surface area contributed by atoms with Gasteiger partial charge in [0.1, 0.15) is 0 Å². The van der Waals surface area contributed by atoms with Crippen LogP contribution in [0.25, 0.3) is 0 Å². The minimum atomic E-state index is 0.241. The van der Waals surface area contributed by atoms with Crippen LogP contribution in [0.4, 0.5) is 0 Å². The van der Waals surface area contributed by atoms with E-state index in [1.807, 2.05) is 4.68 Å². The van der Waals surface area contributed by atoms with E-state index in [1.165, 1.54) is 6.20 Å². The summed E-state index contributed by atoms with van der Waals surface area (Å²) in [6, 6.07) is 0.357. The second kappa shape index (κ2) is 3.61. The van der Waals surface area contributed by atoms with Gasteiger partial charge < -0.3 is 5.11 Å². The third-order valence-electron chi connectivity index (χ3n) is 2.47. The van der Waals surface area contributed by atoms with Gasteiger partial charge in [-0.1, -0.05) is 20.3 Å². The highest BCUT2D eigenvalue weighted by atomic mass is 16.3. The second-order valence-corrected chi connectivity index (χ2v) is 3.30. The Labute approximate surface area is 73.0 Å². The first-order valence-corrected chi connectivity index (χ1v) is 4.38. The van der Waals surface area contributed by atoms with Gasteiger partial charge in [0.2, 0.25) is 0 Å². The first kappa shape index (κ1) is 9.10. The highest BCUT2D eigenvalue weighted by molar-refractivity contribution is 5.09.